The summed E-state index contributed by atoms with van der Waals surface area (Å²) in [6, 6.07) is 55.6. The molecule has 0 N–H and O–H groups in total. The molecule has 6 nitrogen and oxygen atoms in total. The van der Waals surface area contributed by atoms with Crippen molar-refractivity contribution in [3.63, 3.8) is 0 Å². The Morgan fingerprint density at radius 1 is 0.371 bits per heavy atom. The number of fused-ring (bicyclic) bond motifs is 10. The quantitative estimate of drug-likeness (QED) is 0.245. The molecule has 0 aliphatic heterocycles. The molecular formula is C51H36B5N5O. The third-order valence-corrected chi connectivity index (χ3v) is 13.4. The van der Waals surface area contributed by atoms with Crippen LogP contribution in [-0.4, -0.2) is 63.3 Å². The Bertz CT molecular complexity index is 3810. The highest BCUT2D eigenvalue weighted by molar-refractivity contribution is 6.68. The van der Waals surface area contributed by atoms with E-state index in [-0.39, 0.29) is 0 Å². The molecule has 11 heteroatoms. The van der Waals surface area contributed by atoms with Crippen molar-refractivity contribution < 1.29 is 4.42 Å². The first kappa shape index (κ1) is 36.4. The van der Waals surface area contributed by atoms with Gasteiger partial charge in [0.25, 0.3) is 0 Å². The van der Waals surface area contributed by atoms with Gasteiger partial charge in [-0.2, -0.15) is 0 Å². The number of benzene rings is 8. The van der Waals surface area contributed by atoms with E-state index in [1.54, 1.807) is 0 Å². The summed E-state index contributed by atoms with van der Waals surface area (Å²) in [7, 11) is 11.0. The zero-order chi connectivity index (χ0) is 41.8. The molecule has 0 amide bonds. The fourth-order valence-corrected chi connectivity index (χ4v) is 9.97. The summed E-state index contributed by atoms with van der Waals surface area (Å²) in [5, 5.41) is 6.85. The Labute approximate surface area is 362 Å². The standard InChI is InChI=1S/C51H36B5N5O/c52-44-43(45(53)47(55)48(56)46(44)54)51-58-49(57-50(59-51)33-19-11-22-36-40(33)30-16-4-7-20-34(30)60(36)28-13-2-1-3-14-28)27-12-10-15-29(26-27)61-35-21-8-5-17-31(35)41-37(61)24-25-39-42(41)32-18-6-9-23-38(32)62-39/h1-26H,52-56H2. The average molecular weight is 789 g/mol. The van der Waals surface area contributed by atoms with Gasteiger partial charge in [0, 0.05) is 60.4 Å². The number of para-hydroxylation sites is 4. The Hall–Kier alpha value is -7.51. The van der Waals surface area contributed by atoms with Crippen LogP contribution in [0.1, 0.15) is 0 Å². The molecule has 12 rings (SSSR count). The maximum atomic E-state index is 6.38. The molecule has 0 spiro atoms. The van der Waals surface area contributed by atoms with E-state index in [0.29, 0.717) is 17.5 Å². The lowest BCUT2D eigenvalue weighted by molar-refractivity contribution is 0.669. The highest BCUT2D eigenvalue weighted by Gasteiger charge is 2.23. The van der Waals surface area contributed by atoms with Crippen molar-refractivity contribution in [2.24, 2.45) is 0 Å². The summed E-state index contributed by atoms with van der Waals surface area (Å²) < 4.78 is 11.1. The molecule has 4 aromatic heterocycles. The summed E-state index contributed by atoms with van der Waals surface area (Å²) in [6.07, 6.45) is 0. The molecule has 0 atom stereocenters. The summed E-state index contributed by atoms with van der Waals surface area (Å²) >= 11 is 0. The molecule has 12 aromatic rings. The molecule has 0 unspecified atom stereocenters. The molecule has 0 aliphatic carbocycles. The molecule has 0 fully saturated rings. The van der Waals surface area contributed by atoms with E-state index in [4.69, 9.17) is 19.4 Å². The fraction of sp³-hybridized carbons (Fsp3) is 0. The number of furan rings is 1. The second-order valence-corrected chi connectivity index (χ2v) is 16.5. The van der Waals surface area contributed by atoms with Crippen LogP contribution < -0.4 is 27.3 Å². The predicted molar refractivity (Wildman–Crippen MR) is 273 cm³/mol. The first-order valence-corrected chi connectivity index (χ1v) is 21.2. The van der Waals surface area contributed by atoms with E-state index in [1.807, 2.05) is 12.1 Å². The van der Waals surface area contributed by atoms with E-state index in [0.717, 1.165) is 82.8 Å². The fourth-order valence-electron chi connectivity index (χ4n) is 9.97. The number of nitrogens with zero attached hydrogens (tertiary/aromatic N) is 5. The summed E-state index contributed by atoms with van der Waals surface area (Å²) in [4.78, 5) is 16.2. The van der Waals surface area contributed by atoms with E-state index in [9.17, 15) is 0 Å². The van der Waals surface area contributed by atoms with Crippen LogP contribution in [0.4, 0.5) is 0 Å². The van der Waals surface area contributed by atoms with Crippen molar-refractivity contribution in [1.82, 2.24) is 24.1 Å². The van der Waals surface area contributed by atoms with Crippen molar-refractivity contribution in [3.8, 4) is 45.5 Å². The van der Waals surface area contributed by atoms with Crippen LogP contribution in [-0.2, 0) is 0 Å². The van der Waals surface area contributed by atoms with Crippen LogP contribution >= 0.6 is 0 Å². The van der Waals surface area contributed by atoms with Crippen molar-refractivity contribution in [1.29, 1.82) is 0 Å². The summed E-state index contributed by atoms with van der Waals surface area (Å²) in [5.41, 5.74) is 17.5. The second kappa shape index (κ2) is 13.8. The average Bonchev–Trinajstić information content (AvgIpc) is 3.98. The lowest BCUT2D eigenvalue weighted by Crippen LogP contribution is -2.55. The maximum absolute atomic E-state index is 6.38. The molecule has 0 bridgehead atoms. The van der Waals surface area contributed by atoms with Crippen LogP contribution in [0.5, 0.6) is 0 Å². The minimum absolute atomic E-state index is 0.620. The zero-order valence-electron chi connectivity index (χ0n) is 35.2. The Kier molecular flexibility index (Phi) is 8.07. The van der Waals surface area contributed by atoms with Gasteiger partial charge in [-0.3, -0.25) is 0 Å². The SMILES string of the molecule is Bc1c(B)c(B)c(-c2nc(-c3cccc(-n4c5ccccc5c5c6c(ccc54)oc4ccccc46)c3)nc(-c3cccc4c3c3ccccc3n4-c3ccccc3)n2)c(B)c1B. The highest BCUT2D eigenvalue weighted by Crippen LogP contribution is 2.42. The molecule has 286 valence electrons. The van der Waals surface area contributed by atoms with E-state index in [2.05, 4.69) is 194 Å². The van der Waals surface area contributed by atoms with Crippen LogP contribution in [0.3, 0.4) is 0 Å². The van der Waals surface area contributed by atoms with E-state index in [1.165, 1.54) is 38.1 Å². The van der Waals surface area contributed by atoms with Gasteiger partial charge in [-0.25, -0.2) is 15.0 Å². The lowest BCUT2D eigenvalue weighted by atomic mass is 9.60. The van der Waals surface area contributed by atoms with Gasteiger partial charge in [0.2, 0.25) is 0 Å². The minimum Gasteiger partial charge on any atom is -0.456 e. The van der Waals surface area contributed by atoms with Crippen molar-refractivity contribution in [3.05, 3.63) is 158 Å². The van der Waals surface area contributed by atoms with Crippen LogP contribution in [0.25, 0.3) is 111 Å². The van der Waals surface area contributed by atoms with Crippen LogP contribution in [0.15, 0.2) is 162 Å². The van der Waals surface area contributed by atoms with Gasteiger partial charge in [0.05, 0.1) is 22.1 Å². The number of aromatic nitrogens is 5. The van der Waals surface area contributed by atoms with Gasteiger partial charge in [-0.05, 0) is 60.7 Å². The van der Waals surface area contributed by atoms with Gasteiger partial charge >= 0.3 is 0 Å². The van der Waals surface area contributed by atoms with Gasteiger partial charge in [-0.15, -0.1) is 16.4 Å². The predicted octanol–water partition coefficient (Wildman–Crippen LogP) is 4.26. The van der Waals surface area contributed by atoms with Crippen molar-refractivity contribution >= 4 is 132 Å². The highest BCUT2D eigenvalue weighted by atomic mass is 16.3. The van der Waals surface area contributed by atoms with Crippen molar-refractivity contribution in [2.75, 3.05) is 0 Å². The Morgan fingerprint density at radius 2 is 0.919 bits per heavy atom. The number of rotatable bonds is 5. The van der Waals surface area contributed by atoms with Gasteiger partial charge in [0.15, 0.2) is 17.5 Å². The molecular weight excluding hydrogens is 753 g/mol. The zero-order valence-corrected chi connectivity index (χ0v) is 35.2. The normalized spacial score (nSPS) is 11.9. The lowest BCUT2D eigenvalue weighted by Gasteiger charge is -2.20. The number of hydrogen-bond donors (Lipinski definition) is 0. The molecule has 0 aliphatic rings. The number of hydrogen-bond acceptors (Lipinski definition) is 4. The smallest absolute Gasteiger partial charge is 0.164 e. The Morgan fingerprint density at radius 3 is 1.68 bits per heavy atom. The van der Waals surface area contributed by atoms with Gasteiger partial charge in [-0.1, -0.05) is 108 Å². The first-order chi connectivity index (χ1) is 30.4. The molecule has 0 saturated heterocycles. The monoisotopic (exact) mass is 789 g/mol. The Balaban J connectivity index is 1.12. The molecule has 0 saturated carbocycles. The minimum atomic E-state index is 0.620. The second-order valence-electron chi connectivity index (χ2n) is 16.5. The van der Waals surface area contributed by atoms with Gasteiger partial charge in [0.1, 0.15) is 50.4 Å². The van der Waals surface area contributed by atoms with Crippen LogP contribution in [0.2, 0.25) is 0 Å². The third kappa shape index (κ3) is 5.27. The third-order valence-electron chi connectivity index (χ3n) is 13.4. The van der Waals surface area contributed by atoms with Crippen LogP contribution in [0, 0.1) is 0 Å². The summed E-state index contributed by atoms with van der Waals surface area (Å²) in [6.45, 7) is 0. The molecule has 4 heterocycles. The topological polar surface area (TPSA) is 61.7 Å². The molecule has 8 aromatic carbocycles. The first-order valence-electron chi connectivity index (χ1n) is 21.2. The molecule has 0 radical (unpaired) electrons. The van der Waals surface area contributed by atoms with Gasteiger partial charge < -0.3 is 13.6 Å². The summed E-state index contributed by atoms with van der Waals surface area (Å²) in [5.74, 6) is 1.93. The molecule has 62 heavy (non-hydrogen) atoms. The largest absolute Gasteiger partial charge is 0.456 e. The van der Waals surface area contributed by atoms with E-state index >= 15 is 0 Å². The van der Waals surface area contributed by atoms with Crippen molar-refractivity contribution in [2.45, 2.75) is 0 Å². The van der Waals surface area contributed by atoms with E-state index < -0.39 is 0 Å². The maximum Gasteiger partial charge on any atom is 0.164 e.